The number of amides is 4. The molecule has 2 fully saturated rings. The fourth-order valence-electron chi connectivity index (χ4n) is 6.59. The lowest BCUT2D eigenvalue weighted by Crippen LogP contribution is -2.44. The Kier molecular flexibility index (Phi) is 5.54. The number of benzene rings is 3. The zero-order valence-electron chi connectivity index (χ0n) is 21.8. The number of H-pyrrole nitrogens is 1. The van der Waals surface area contributed by atoms with Crippen molar-refractivity contribution in [2.24, 2.45) is 0 Å². The molecule has 4 aromatic rings. The second kappa shape index (κ2) is 9.12. The molecule has 1 saturated heterocycles. The van der Waals surface area contributed by atoms with Crippen LogP contribution in [0.2, 0.25) is 0 Å². The van der Waals surface area contributed by atoms with Gasteiger partial charge in [0.1, 0.15) is 12.1 Å². The number of carbonyl (C=O) groups excluding carboxylic acids is 3. The number of carbonyl (C=O) groups is 3. The molecule has 1 saturated carbocycles. The Hall–Kier alpha value is -4.39. The maximum absolute atomic E-state index is 14.2. The summed E-state index contributed by atoms with van der Waals surface area (Å²) in [5.74, 6) is -0.538. The molecule has 0 radical (unpaired) electrons. The molecule has 7 nitrogen and oxygen atoms in total. The van der Waals surface area contributed by atoms with E-state index in [1.54, 1.807) is 29.2 Å². The first-order valence-electron chi connectivity index (χ1n) is 13.7. The minimum atomic E-state index is -0.665. The van der Waals surface area contributed by atoms with Crippen LogP contribution in [0.25, 0.3) is 10.9 Å². The lowest BCUT2D eigenvalue weighted by atomic mass is 9.88. The van der Waals surface area contributed by atoms with E-state index < -0.39 is 18.1 Å². The Labute approximate surface area is 226 Å². The lowest BCUT2D eigenvalue weighted by molar-refractivity contribution is -0.120. The third-order valence-electron chi connectivity index (χ3n) is 8.52. The number of nitrogens with one attached hydrogen (secondary N) is 2. The summed E-state index contributed by atoms with van der Waals surface area (Å²) in [5.41, 5.74) is 5.74. The predicted octanol–water partition coefficient (Wildman–Crippen LogP) is 5.63. The van der Waals surface area contributed by atoms with Crippen molar-refractivity contribution in [3.05, 3.63) is 101 Å². The summed E-state index contributed by atoms with van der Waals surface area (Å²) in [6.07, 6.45) is 4.52. The van der Waals surface area contributed by atoms with Gasteiger partial charge in [-0.1, -0.05) is 73.0 Å². The summed E-state index contributed by atoms with van der Waals surface area (Å²) in [6.45, 7) is 2.03. The third-order valence-corrected chi connectivity index (χ3v) is 8.52. The molecular formula is C32H30N4O3. The van der Waals surface area contributed by atoms with Crippen molar-refractivity contribution in [3.8, 4) is 0 Å². The van der Waals surface area contributed by atoms with Crippen LogP contribution in [-0.2, 0) is 11.2 Å². The van der Waals surface area contributed by atoms with Gasteiger partial charge in [0.2, 0.25) is 0 Å². The number of anilines is 1. The fraction of sp³-hybridized carbons (Fsp3) is 0.281. The van der Waals surface area contributed by atoms with Gasteiger partial charge in [-0.25, -0.2) is 9.69 Å². The zero-order chi connectivity index (χ0) is 26.7. The fourth-order valence-corrected chi connectivity index (χ4v) is 6.59. The van der Waals surface area contributed by atoms with Gasteiger partial charge in [0.25, 0.3) is 11.8 Å². The molecule has 3 aliphatic rings. The molecule has 2 unspecified atom stereocenters. The molecule has 2 N–H and O–H groups in total. The van der Waals surface area contributed by atoms with Gasteiger partial charge in [0.15, 0.2) is 0 Å². The van der Waals surface area contributed by atoms with Gasteiger partial charge in [-0.2, -0.15) is 0 Å². The number of aromatic amines is 1. The summed E-state index contributed by atoms with van der Waals surface area (Å²) in [6, 6.07) is 21.8. The molecular weight excluding hydrogens is 488 g/mol. The highest BCUT2D eigenvalue weighted by Gasteiger charge is 2.53. The second-order valence-electron chi connectivity index (χ2n) is 10.9. The van der Waals surface area contributed by atoms with Gasteiger partial charge < -0.3 is 10.3 Å². The minimum Gasteiger partial charge on any atom is -0.356 e. The molecule has 7 heteroatoms. The van der Waals surface area contributed by atoms with Gasteiger partial charge in [0, 0.05) is 29.1 Å². The maximum Gasteiger partial charge on any atom is 0.332 e. The molecule has 1 aliphatic carbocycles. The molecule has 3 aromatic carbocycles. The van der Waals surface area contributed by atoms with Crippen molar-refractivity contribution < 1.29 is 14.4 Å². The molecule has 39 heavy (non-hydrogen) atoms. The lowest BCUT2D eigenvalue weighted by Gasteiger charge is -2.36. The first-order valence-corrected chi connectivity index (χ1v) is 13.7. The highest BCUT2D eigenvalue weighted by molar-refractivity contribution is 6.24. The van der Waals surface area contributed by atoms with E-state index in [0.29, 0.717) is 17.7 Å². The normalized spacial score (nSPS) is 20.9. The van der Waals surface area contributed by atoms with Crippen molar-refractivity contribution in [2.75, 3.05) is 4.90 Å². The van der Waals surface area contributed by atoms with Crippen LogP contribution < -0.4 is 10.2 Å². The van der Waals surface area contributed by atoms with Crippen LogP contribution in [0.4, 0.5) is 10.5 Å². The monoisotopic (exact) mass is 518 g/mol. The minimum absolute atomic E-state index is 0.131. The number of imide groups is 1. The Morgan fingerprint density at radius 2 is 1.64 bits per heavy atom. The zero-order valence-corrected chi connectivity index (χ0v) is 21.8. The van der Waals surface area contributed by atoms with E-state index in [1.165, 1.54) is 4.90 Å². The van der Waals surface area contributed by atoms with E-state index in [9.17, 15) is 14.4 Å². The van der Waals surface area contributed by atoms with Crippen molar-refractivity contribution in [1.82, 2.24) is 15.2 Å². The molecule has 0 spiro atoms. The Morgan fingerprint density at radius 3 is 2.44 bits per heavy atom. The average molecular weight is 519 g/mol. The van der Waals surface area contributed by atoms with E-state index >= 15 is 0 Å². The van der Waals surface area contributed by atoms with E-state index in [4.69, 9.17) is 0 Å². The Balaban J connectivity index is 1.32. The molecule has 4 amide bonds. The number of hydrogen-bond donors (Lipinski definition) is 2. The molecule has 0 bridgehead atoms. The quantitative estimate of drug-likeness (QED) is 0.343. The van der Waals surface area contributed by atoms with Gasteiger partial charge in [0.05, 0.1) is 11.3 Å². The standard InChI is InChI=1S/C32H30N4O3/c1-19-14-16-20(17-15-19)29-28-24(22-10-4-6-12-25(22)34-28)18-27-31(38)36(32(39)35(27)29)26-13-7-5-11-23(26)30(37)33-21-8-2-3-9-21/h4-7,10-17,21,27,29,34H,2-3,8-9,18H2,1H3,(H,33,37). The average Bonchev–Trinajstić information content (AvgIpc) is 3.65. The van der Waals surface area contributed by atoms with Gasteiger partial charge in [-0.15, -0.1) is 0 Å². The topological polar surface area (TPSA) is 85.5 Å². The number of aromatic nitrogens is 1. The van der Waals surface area contributed by atoms with Crippen molar-refractivity contribution in [1.29, 1.82) is 0 Å². The molecule has 7 rings (SSSR count). The van der Waals surface area contributed by atoms with E-state index in [1.807, 2.05) is 49.4 Å². The van der Waals surface area contributed by atoms with Crippen LogP contribution in [0, 0.1) is 6.92 Å². The van der Waals surface area contributed by atoms with E-state index in [2.05, 4.69) is 16.4 Å². The van der Waals surface area contributed by atoms with Crippen molar-refractivity contribution >= 4 is 34.4 Å². The number of hydrogen-bond acceptors (Lipinski definition) is 3. The smallest absolute Gasteiger partial charge is 0.332 e. The van der Waals surface area contributed by atoms with Crippen LogP contribution in [0.15, 0.2) is 72.8 Å². The second-order valence-corrected chi connectivity index (χ2v) is 10.9. The van der Waals surface area contributed by atoms with Crippen molar-refractivity contribution in [3.63, 3.8) is 0 Å². The number of urea groups is 1. The summed E-state index contributed by atoms with van der Waals surface area (Å²) >= 11 is 0. The first kappa shape index (κ1) is 23.7. The van der Waals surface area contributed by atoms with E-state index in [-0.39, 0.29) is 17.9 Å². The number of rotatable bonds is 4. The van der Waals surface area contributed by atoms with Gasteiger partial charge >= 0.3 is 6.03 Å². The van der Waals surface area contributed by atoms with Crippen LogP contribution in [0.3, 0.4) is 0 Å². The SMILES string of the molecule is Cc1ccc(C2c3[nH]c4ccccc4c3CC3C(=O)N(c4ccccc4C(=O)NC4CCCC4)C(=O)N32)cc1. The van der Waals surface area contributed by atoms with Crippen LogP contribution >= 0.6 is 0 Å². The summed E-state index contributed by atoms with van der Waals surface area (Å²) < 4.78 is 0. The molecule has 1 aromatic heterocycles. The summed E-state index contributed by atoms with van der Waals surface area (Å²) in [5, 5.41) is 4.18. The Morgan fingerprint density at radius 1 is 0.923 bits per heavy atom. The van der Waals surface area contributed by atoms with Gasteiger partial charge in [-0.3, -0.25) is 14.5 Å². The number of fused-ring (bicyclic) bond motifs is 4. The predicted molar refractivity (Wildman–Crippen MR) is 150 cm³/mol. The maximum atomic E-state index is 14.2. The summed E-state index contributed by atoms with van der Waals surface area (Å²) in [4.78, 5) is 48.1. The summed E-state index contributed by atoms with van der Waals surface area (Å²) in [7, 11) is 0. The first-order chi connectivity index (χ1) is 19.0. The highest BCUT2D eigenvalue weighted by atomic mass is 16.2. The molecule has 196 valence electrons. The van der Waals surface area contributed by atoms with Gasteiger partial charge in [-0.05, 0) is 49.1 Å². The highest BCUT2D eigenvalue weighted by Crippen LogP contribution is 2.45. The largest absolute Gasteiger partial charge is 0.356 e. The van der Waals surface area contributed by atoms with Crippen molar-refractivity contribution in [2.45, 2.75) is 57.2 Å². The molecule has 2 aliphatic heterocycles. The number of nitrogens with zero attached hydrogens (tertiary/aromatic N) is 2. The van der Waals surface area contributed by atoms with Crippen LogP contribution in [0.5, 0.6) is 0 Å². The third kappa shape index (κ3) is 3.75. The Bertz CT molecular complexity index is 1620. The molecule has 2 atom stereocenters. The van der Waals surface area contributed by atoms with Crippen LogP contribution in [-0.4, -0.2) is 39.8 Å². The number of para-hydroxylation sites is 2. The van der Waals surface area contributed by atoms with Crippen LogP contribution in [0.1, 0.15) is 64.5 Å². The van der Waals surface area contributed by atoms with E-state index in [0.717, 1.165) is 59.0 Å². The molecule has 3 heterocycles. The number of aryl methyl sites for hydroxylation is 1.